The Morgan fingerprint density at radius 1 is 1.23 bits per heavy atom. The number of ether oxygens (including phenoxy) is 1. The molecule has 1 aromatic rings. The van der Waals surface area contributed by atoms with Gasteiger partial charge in [0.25, 0.3) is 0 Å². The summed E-state index contributed by atoms with van der Waals surface area (Å²) < 4.78 is 5.82. The third-order valence-electron chi connectivity index (χ3n) is 5.27. The van der Waals surface area contributed by atoms with Gasteiger partial charge < -0.3 is 15.0 Å². The molecule has 0 spiro atoms. The van der Waals surface area contributed by atoms with E-state index in [9.17, 15) is 4.79 Å². The van der Waals surface area contributed by atoms with Crippen molar-refractivity contribution in [3.63, 3.8) is 0 Å². The van der Waals surface area contributed by atoms with Crippen LogP contribution in [-0.4, -0.2) is 42.6 Å². The largest absolute Gasteiger partial charge is 0.493 e. The third-order valence-corrected chi connectivity index (χ3v) is 5.27. The van der Waals surface area contributed by atoms with Crippen LogP contribution in [0.25, 0.3) is 0 Å². The number of rotatable bonds is 6. The highest BCUT2D eigenvalue weighted by Gasteiger charge is 2.30. The van der Waals surface area contributed by atoms with Gasteiger partial charge in [0.1, 0.15) is 11.8 Å². The first-order chi connectivity index (χ1) is 12.7. The summed E-state index contributed by atoms with van der Waals surface area (Å²) in [7, 11) is 0. The zero-order valence-corrected chi connectivity index (χ0v) is 14.9. The molecule has 1 amide bonds. The van der Waals surface area contributed by atoms with Crippen LogP contribution < -0.4 is 10.1 Å². The van der Waals surface area contributed by atoms with Crippen molar-refractivity contribution in [1.82, 2.24) is 10.2 Å². The quantitative estimate of drug-likeness (QED) is 0.848. The number of carbonyl (C=O) groups is 1. The van der Waals surface area contributed by atoms with E-state index in [1.165, 1.54) is 0 Å². The Hall–Kier alpha value is -2.57. The maximum Gasteiger partial charge on any atom is 0.237 e. The zero-order valence-electron chi connectivity index (χ0n) is 14.9. The number of nitrogens with one attached hydrogen (secondary N) is 1. The van der Waals surface area contributed by atoms with Crippen molar-refractivity contribution < 1.29 is 9.53 Å². The minimum atomic E-state index is -0.249. The van der Waals surface area contributed by atoms with Crippen molar-refractivity contribution >= 4 is 5.91 Å². The molecule has 1 aliphatic carbocycles. The molecule has 2 aliphatic rings. The Bertz CT molecular complexity index is 704. The Morgan fingerprint density at radius 3 is 2.77 bits per heavy atom. The molecule has 0 aromatic heterocycles. The Balaban J connectivity index is 1.38. The molecule has 2 unspecified atom stereocenters. The first-order valence-corrected chi connectivity index (χ1v) is 9.25. The Morgan fingerprint density at radius 2 is 2.04 bits per heavy atom. The van der Waals surface area contributed by atoms with E-state index >= 15 is 0 Å². The molecule has 1 heterocycles. The fourth-order valence-electron chi connectivity index (χ4n) is 3.78. The first-order valence-electron chi connectivity index (χ1n) is 9.25. The SMILES string of the molecule is N#Cc1ccc(OCC2CCC(NCC(=O)N3CCC[C@H]3C#N)C2)cc1. The average molecular weight is 352 g/mol. The highest BCUT2D eigenvalue weighted by Crippen LogP contribution is 2.26. The molecule has 1 aliphatic heterocycles. The number of benzene rings is 1. The first kappa shape index (κ1) is 18.2. The summed E-state index contributed by atoms with van der Waals surface area (Å²) >= 11 is 0. The molecule has 1 saturated heterocycles. The van der Waals surface area contributed by atoms with Crippen LogP contribution in [-0.2, 0) is 4.79 Å². The zero-order chi connectivity index (χ0) is 18.4. The van der Waals surface area contributed by atoms with Gasteiger partial charge in [-0.25, -0.2) is 0 Å². The van der Waals surface area contributed by atoms with Crippen molar-refractivity contribution in [2.24, 2.45) is 5.92 Å². The number of nitriles is 2. The van der Waals surface area contributed by atoms with Crippen LogP contribution in [0.1, 0.15) is 37.7 Å². The van der Waals surface area contributed by atoms with Crippen molar-refractivity contribution in [2.75, 3.05) is 19.7 Å². The van der Waals surface area contributed by atoms with Gasteiger partial charge >= 0.3 is 0 Å². The maximum absolute atomic E-state index is 12.3. The minimum absolute atomic E-state index is 0.0336. The summed E-state index contributed by atoms with van der Waals surface area (Å²) in [5, 5.41) is 21.2. The Kier molecular flexibility index (Phi) is 6.09. The van der Waals surface area contributed by atoms with Crippen LogP contribution in [0.3, 0.4) is 0 Å². The van der Waals surface area contributed by atoms with E-state index in [0.29, 0.717) is 37.2 Å². The van der Waals surface area contributed by atoms with E-state index in [2.05, 4.69) is 17.5 Å². The van der Waals surface area contributed by atoms with Crippen LogP contribution in [0.5, 0.6) is 5.75 Å². The minimum Gasteiger partial charge on any atom is -0.493 e. The van der Waals surface area contributed by atoms with Crippen molar-refractivity contribution in [3.8, 4) is 17.9 Å². The van der Waals surface area contributed by atoms with Gasteiger partial charge in [0.2, 0.25) is 5.91 Å². The van der Waals surface area contributed by atoms with Gasteiger partial charge in [-0.05, 0) is 62.3 Å². The van der Waals surface area contributed by atoms with Crippen molar-refractivity contribution in [1.29, 1.82) is 10.5 Å². The highest BCUT2D eigenvalue weighted by molar-refractivity contribution is 5.79. The summed E-state index contributed by atoms with van der Waals surface area (Å²) in [6.45, 7) is 1.66. The van der Waals surface area contributed by atoms with Gasteiger partial charge in [-0.2, -0.15) is 10.5 Å². The summed E-state index contributed by atoms with van der Waals surface area (Å²) in [6, 6.07) is 11.5. The topological polar surface area (TPSA) is 89.2 Å². The Labute approximate surface area is 154 Å². The van der Waals surface area contributed by atoms with E-state index in [-0.39, 0.29) is 11.9 Å². The lowest BCUT2D eigenvalue weighted by Gasteiger charge is -2.21. The van der Waals surface area contributed by atoms with E-state index in [1.807, 2.05) is 12.1 Å². The van der Waals surface area contributed by atoms with Gasteiger partial charge in [0.05, 0.1) is 30.9 Å². The molecule has 1 N–H and O–H groups in total. The summed E-state index contributed by atoms with van der Waals surface area (Å²) in [5.74, 6) is 1.29. The molecule has 0 bridgehead atoms. The fraction of sp³-hybridized carbons (Fsp3) is 0.550. The molecule has 1 saturated carbocycles. The molecule has 26 heavy (non-hydrogen) atoms. The van der Waals surface area contributed by atoms with Crippen LogP contribution in [0.15, 0.2) is 24.3 Å². The van der Waals surface area contributed by atoms with E-state index < -0.39 is 0 Å². The second-order valence-electron chi connectivity index (χ2n) is 7.08. The number of hydrogen-bond donors (Lipinski definition) is 1. The molecule has 6 heteroatoms. The number of nitrogens with zero attached hydrogens (tertiary/aromatic N) is 3. The van der Waals surface area contributed by atoms with Crippen molar-refractivity contribution in [2.45, 2.75) is 44.2 Å². The van der Waals surface area contributed by atoms with Crippen LogP contribution in [0.4, 0.5) is 0 Å². The van der Waals surface area contributed by atoms with E-state index in [4.69, 9.17) is 15.3 Å². The third kappa shape index (κ3) is 4.53. The molecule has 3 atom stereocenters. The monoisotopic (exact) mass is 352 g/mol. The van der Waals surface area contributed by atoms with Crippen LogP contribution >= 0.6 is 0 Å². The van der Waals surface area contributed by atoms with Gasteiger partial charge in [-0.1, -0.05) is 0 Å². The lowest BCUT2D eigenvalue weighted by Crippen LogP contribution is -2.42. The molecule has 1 aromatic carbocycles. The van der Waals surface area contributed by atoms with Crippen LogP contribution in [0.2, 0.25) is 0 Å². The number of hydrogen-bond acceptors (Lipinski definition) is 5. The predicted octanol–water partition coefficient (Wildman–Crippen LogP) is 2.21. The molecule has 3 rings (SSSR count). The highest BCUT2D eigenvalue weighted by atomic mass is 16.5. The standard InChI is InChI=1S/C20H24N4O2/c21-11-15-4-7-19(8-5-15)26-14-16-3-6-17(10-16)23-13-20(25)24-9-1-2-18(24)12-22/h4-5,7-8,16-18,23H,1-3,6,9-10,13-14H2/t16?,17?,18-/m0/s1. The van der Waals surface area contributed by atoms with Gasteiger partial charge in [-0.3, -0.25) is 4.79 Å². The molecule has 136 valence electrons. The van der Waals surface area contributed by atoms with Crippen LogP contribution in [0, 0.1) is 28.6 Å². The number of likely N-dealkylation sites (tertiary alicyclic amines) is 1. The molecule has 0 radical (unpaired) electrons. The molecule has 2 fully saturated rings. The fourth-order valence-corrected chi connectivity index (χ4v) is 3.78. The smallest absolute Gasteiger partial charge is 0.237 e. The van der Waals surface area contributed by atoms with E-state index in [1.54, 1.807) is 17.0 Å². The number of amides is 1. The average Bonchev–Trinajstić information content (AvgIpc) is 3.34. The summed E-state index contributed by atoms with van der Waals surface area (Å²) in [5.41, 5.74) is 0.629. The van der Waals surface area contributed by atoms with Crippen molar-refractivity contribution in [3.05, 3.63) is 29.8 Å². The van der Waals surface area contributed by atoms with Gasteiger partial charge in [0.15, 0.2) is 0 Å². The van der Waals surface area contributed by atoms with Gasteiger partial charge in [0, 0.05) is 12.6 Å². The van der Waals surface area contributed by atoms with E-state index in [0.717, 1.165) is 37.9 Å². The lowest BCUT2D eigenvalue weighted by molar-refractivity contribution is -0.130. The summed E-state index contributed by atoms with van der Waals surface area (Å²) in [4.78, 5) is 14.0. The predicted molar refractivity (Wildman–Crippen MR) is 96.1 cm³/mol. The normalized spacial score (nSPS) is 24.8. The second-order valence-corrected chi connectivity index (χ2v) is 7.08. The number of carbonyl (C=O) groups excluding carboxylic acids is 1. The molecule has 6 nitrogen and oxygen atoms in total. The maximum atomic E-state index is 12.3. The lowest BCUT2D eigenvalue weighted by atomic mass is 10.1. The second kappa shape index (κ2) is 8.69. The van der Waals surface area contributed by atoms with Gasteiger partial charge in [-0.15, -0.1) is 0 Å². The summed E-state index contributed by atoms with van der Waals surface area (Å²) in [6.07, 6.45) is 4.82. The molecular formula is C20H24N4O2. The molecular weight excluding hydrogens is 328 g/mol.